The standard InChI is InChI=1S/C12H20/c1-8-9(2)11(8)12-5-3-4-10(6-12)7-12/h8-11H,3-7H2,1-2H3. The van der Waals surface area contributed by atoms with Crippen LogP contribution in [0.3, 0.4) is 0 Å². The van der Waals surface area contributed by atoms with Gasteiger partial charge in [-0.1, -0.05) is 26.7 Å². The van der Waals surface area contributed by atoms with E-state index in [2.05, 4.69) is 13.8 Å². The van der Waals surface area contributed by atoms with Crippen LogP contribution in [-0.2, 0) is 0 Å². The molecule has 0 amide bonds. The van der Waals surface area contributed by atoms with Crippen molar-refractivity contribution in [2.75, 3.05) is 0 Å². The summed E-state index contributed by atoms with van der Waals surface area (Å²) in [5, 5.41) is 0. The molecule has 0 saturated heterocycles. The molecule has 0 heteroatoms. The van der Waals surface area contributed by atoms with Gasteiger partial charge >= 0.3 is 0 Å². The third-order valence-electron chi connectivity index (χ3n) is 5.21. The largest absolute Gasteiger partial charge is 0.0619 e. The molecule has 68 valence electrons. The Balaban J connectivity index is 1.76. The van der Waals surface area contributed by atoms with E-state index in [0.717, 1.165) is 29.1 Å². The lowest BCUT2D eigenvalue weighted by molar-refractivity contribution is -0.0320. The first-order chi connectivity index (χ1) is 5.73. The third kappa shape index (κ3) is 0.744. The van der Waals surface area contributed by atoms with Crippen molar-refractivity contribution >= 4 is 0 Å². The molecule has 4 aliphatic rings. The number of rotatable bonds is 1. The topological polar surface area (TPSA) is 0 Å². The summed E-state index contributed by atoms with van der Waals surface area (Å²) < 4.78 is 0. The molecule has 0 aromatic carbocycles. The number of hydrogen-bond acceptors (Lipinski definition) is 0. The molecule has 2 atom stereocenters. The van der Waals surface area contributed by atoms with E-state index >= 15 is 0 Å². The van der Waals surface area contributed by atoms with E-state index in [1.54, 1.807) is 32.1 Å². The van der Waals surface area contributed by atoms with Gasteiger partial charge < -0.3 is 0 Å². The average Bonchev–Trinajstić information content (AvgIpc) is 2.60. The summed E-state index contributed by atoms with van der Waals surface area (Å²) in [6.45, 7) is 4.93. The second kappa shape index (κ2) is 2.08. The van der Waals surface area contributed by atoms with Crippen molar-refractivity contribution < 1.29 is 0 Å². The maximum absolute atomic E-state index is 2.46. The van der Waals surface area contributed by atoms with Crippen molar-refractivity contribution in [3.63, 3.8) is 0 Å². The van der Waals surface area contributed by atoms with E-state index in [-0.39, 0.29) is 0 Å². The molecule has 0 spiro atoms. The molecule has 0 aromatic heterocycles. The first-order valence-corrected chi connectivity index (χ1v) is 5.73. The normalized spacial score (nSPS) is 62.5. The van der Waals surface area contributed by atoms with Crippen molar-refractivity contribution in [2.24, 2.45) is 29.1 Å². The zero-order valence-corrected chi connectivity index (χ0v) is 8.34. The van der Waals surface area contributed by atoms with Crippen molar-refractivity contribution in [3.8, 4) is 0 Å². The van der Waals surface area contributed by atoms with Crippen molar-refractivity contribution in [1.82, 2.24) is 0 Å². The highest BCUT2D eigenvalue weighted by molar-refractivity contribution is 5.10. The Morgan fingerprint density at radius 3 is 2.17 bits per heavy atom. The summed E-state index contributed by atoms with van der Waals surface area (Å²) >= 11 is 0. The lowest BCUT2D eigenvalue weighted by atomic mass is 9.51. The fraction of sp³-hybridized carbons (Fsp3) is 1.00. The summed E-state index contributed by atoms with van der Waals surface area (Å²) in [6.07, 6.45) is 7.87. The molecule has 2 unspecified atom stereocenters. The highest BCUT2D eigenvalue weighted by atomic mass is 14.7. The van der Waals surface area contributed by atoms with Crippen molar-refractivity contribution in [3.05, 3.63) is 0 Å². The van der Waals surface area contributed by atoms with Crippen LogP contribution in [0.15, 0.2) is 0 Å². The molecule has 4 fully saturated rings. The van der Waals surface area contributed by atoms with E-state index in [1.165, 1.54) is 0 Å². The lowest BCUT2D eigenvalue weighted by Gasteiger charge is -2.54. The second-order valence-corrected chi connectivity index (χ2v) is 5.77. The van der Waals surface area contributed by atoms with Gasteiger partial charge in [0.25, 0.3) is 0 Å². The van der Waals surface area contributed by atoms with Crippen LogP contribution in [0.4, 0.5) is 0 Å². The van der Waals surface area contributed by atoms with Crippen LogP contribution in [-0.4, -0.2) is 0 Å². The lowest BCUT2D eigenvalue weighted by Crippen LogP contribution is -2.43. The van der Waals surface area contributed by atoms with Crippen LogP contribution in [0.2, 0.25) is 0 Å². The molecule has 4 saturated carbocycles. The predicted octanol–water partition coefficient (Wildman–Crippen LogP) is 3.47. The Hall–Kier alpha value is 0. The van der Waals surface area contributed by atoms with E-state index in [9.17, 15) is 0 Å². The molecule has 0 N–H and O–H groups in total. The second-order valence-electron chi connectivity index (χ2n) is 5.77. The number of fused-ring (bicyclic) bond motifs is 2. The van der Waals surface area contributed by atoms with Gasteiger partial charge in [0.05, 0.1) is 0 Å². The minimum atomic E-state index is 0.877. The quantitative estimate of drug-likeness (QED) is 0.556. The van der Waals surface area contributed by atoms with Gasteiger partial charge in [0, 0.05) is 0 Å². The van der Waals surface area contributed by atoms with E-state index in [4.69, 9.17) is 0 Å². The zero-order valence-electron chi connectivity index (χ0n) is 8.34. The van der Waals surface area contributed by atoms with Gasteiger partial charge in [-0.2, -0.15) is 0 Å². The fourth-order valence-electron chi connectivity index (χ4n) is 4.46. The average molecular weight is 164 g/mol. The molecule has 12 heavy (non-hydrogen) atoms. The van der Waals surface area contributed by atoms with Crippen LogP contribution >= 0.6 is 0 Å². The molecule has 4 rings (SSSR count). The highest BCUT2D eigenvalue weighted by Crippen LogP contribution is 2.69. The van der Waals surface area contributed by atoms with Crippen LogP contribution in [0.25, 0.3) is 0 Å². The molecular formula is C12H20. The first kappa shape index (κ1) is 7.41. The van der Waals surface area contributed by atoms with E-state index in [0.29, 0.717) is 0 Å². The van der Waals surface area contributed by atoms with Crippen LogP contribution in [0, 0.1) is 29.1 Å². The molecule has 0 aromatic rings. The highest BCUT2D eigenvalue weighted by Gasteiger charge is 2.61. The van der Waals surface area contributed by atoms with Gasteiger partial charge in [-0.15, -0.1) is 0 Å². The minimum absolute atomic E-state index is 0.877. The fourth-order valence-corrected chi connectivity index (χ4v) is 4.46. The zero-order chi connectivity index (χ0) is 8.34. The molecule has 0 heterocycles. The molecule has 0 aliphatic heterocycles. The molecule has 4 aliphatic carbocycles. The minimum Gasteiger partial charge on any atom is -0.0619 e. The maximum Gasteiger partial charge on any atom is -0.0259 e. The molecular weight excluding hydrogens is 144 g/mol. The monoisotopic (exact) mass is 164 g/mol. The predicted molar refractivity (Wildman–Crippen MR) is 50.8 cm³/mol. The van der Waals surface area contributed by atoms with Gasteiger partial charge in [-0.3, -0.25) is 0 Å². The smallest absolute Gasteiger partial charge is 0.0259 e. The maximum atomic E-state index is 2.46. The Bertz CT molecular complexity index is 187. The SMILES string of the molecule is CC1C(C)C1C12CCCC(C1)C2. The molecule has 0 radical (unpaired) electrons. The van der Waals surface area contributed by atoms with Gasteiger partial charge in [0.15, 0.2) is 0 Å². The Labute approximate surface area is 75.7 Å². The van der Waals surface area contributed by atoms with Crippen LogP contribution in [0.5, 0.6) is 0 Å². The van der Waals surface area contributed by atoms with Crippen molar-refractivity contribution in [1.29, 1.82) is 0 Å². The van der Waals surface area contributed by atoms with Gasteiger partial charge in [-0.05, 0) is 48.3 Å². The summed E-state index contributed by atoms with van der Waals surface area (Å²) in [5.74, 6) is 4.40. The summed E-state index contributed by atoms with van der Waals surface area (Å²) in [6, 6.07) is 0. The van der Waals surface area contributed by atoms with E-state index in [1.807, 2.05) is 0 Å². The Morgan fingerprint density at radius 2 is 1.75 bits per heavy atom. The molecule has 2 bridgehead atoms. The molecule has 0 nitrogen and oxygen atoms in total. The Kier molecular flexibility index (Phi) is 1.28. The van der Waals surface area contributed by atoms with Gasteiger partial charge in [0.1, 0.15) is 0 Å². The Morgan fingerprint density at radius 1 is 1.08 bits per heavy atom. The van der Waals surface area contributed by atoms with Gasteiger partial charge in [0.2, 0.25) is 0 Å². The summed E-state index contributed by atoms with van der Waals surface area (Å²) in [5.41, 5.74) is 0.877. The number of hydrogen-bond donors (Lipinski definition) is 0. The van der Waals surface area contributed by atoms with E-state index < -0.39 is 0 Å². The third-order valence-corrected chi connectivity index (χ3v) is 5.21. The first-order valence-electron chi connectivity index (χ1n) is 5.73. The van der Waals surface area contributed by atoms with Crippen LogP contribution in [0.1, 0.15) is 46.0 Å². The van der Waals surface area contributed by atoms with Gasteiger partial charge in [-0.25, -0.2) is 0 Å². The summed E-state index contributed by atoms with van der Waals surface area (Å²) in [4.78, 5) is 0. The summed E-state index contributed by atoms with van der Waals surface area (Å²) in [7, 11) is 0. The van der Waals surface area contributed by atoms with Crippen LogP contribution < -0.4 is 0 Å². The van der Waals surface area contributed by atoms with Crippen molar-refractivity contribution in [2.45, 2.75) is 46.0 Å².